The van der Waals surface area contributed by atoms with Gasteiger partial charge in [0.1, 0.15) is 0 Å². The molecule has 0 spiro atoms. The minimum absolute atomic E-state index is 0.0979. The van der Waals surface area contributed by atoms with Gasteiger partial charge in [0.15, 0.2) is 0 Å². The number of nitrogens with one attached hydrogen (secondary N) is 1. The minimum Gasteiger partial charge on any atom is -0.352 e. The van der Waals surface area contributed by atoms with E-state index in [9.17, 15) is 4.79 Å². The van der Waals surface area contributed by atoms with E-state index in [0.717, 1.165) is 6.54 Å². The molecule has 0 aromatic carbocycles. The minimum atomic E-state index is -0.0979. The molecule has 3 nitrogen and oxygen atoms in total. The molecule has 0 bridgehead atoms. The Kier molecular flexibility index (Phi) is 3.78. The van der Waals surface area contributed by atoms with Crippen molar-refractivity contribution >= 4 is 17.5 Å². The lowest BCUT2D eigenvalue weighted by Crippen LogP contribution is -2.28. The molecular weight excluding hydrogens is 224 g/mol. The third-order valence-corrected chi connectivity index (χ3v) is 3.34. The molecule has 0 aliphatic heterocycles. The second kappa shape index (κ2) is 5.30. The van der Waals surface area contributed by atoms with Gasteiger partial charge in [0, 0.05) is 18.9 Å². The Morgan fingerprint density at radius 3 is 2.94 bits per heavy atom. The molecule has 1 heterocycles. The number of rotatable bonds is 3. The zero-order valence-corrected chi connectivity index (χ0v) is 9.83. The first-order valence-corrected chi connectivity index (χ1v) is 6.03. The van der Waals surface area contributed by atoms with Gasteiger partial charge in [-0.1, -0.05) is 24.4 Å². The van der Waals surface area contributed by atoms with E-state index in [-0.39, 0.29) is 5.91 Å². The van der Waals surface area contributed by atoms with Crippen molar-refractivity contribution < 1.29 is 4.79 Å². The number of carbonyl (C=O) groups excluding carboxylic acids is 1. The lowest BCUT2D eigenvalue weighted by atomic mass is 10.1. The standard InChI is InChI=1S/C12H15ClN2O/c13-11-8-14-6-5-10(11)12(16)15-7-9-3-1-2-4-9/h5-6,8-9H,1-4,7H2,(H,15,16). The third kappa shape index (κ3) is 2.73. The fourth-order valence-corrected chi connectivity index (χ4v) is 2.31. The van der Waals surface area contributed by atoms with Crippen LogP contribution in [-0.2, 0) is 0 Å². The van der Waals surface area contributed by atoms with Crippen LogP contribution in [0.3, 0.4) is 0 Å². The van der Waals surface area contributed by atoms with Crippen molar-refractivity contribution in [2.24, 2.45) is 5.92 Å². The maximum Gasteiger partial charge on any atom is 0.252 e. The molecule has 0 radical (unpaired) electrons. The van der Waals surface area contributed by atoms with Gasteiger partial charge in [-0.15, -0.1) is 0 Å². The summed E-state index contributed by atoms with van der Waals surface area (Å²) in [4.78, 5) is 15.7. The van der Waals surface area contributed by atoms with Gasteiger partial charge in [-0.2, -0.15) is 0 Å². The van der Waals surface area contributed by atoms with Gasteiger partial charge in [0.05, 0.1) is 10.6 Å². The van der Waals surface area contributed by atoms with E-state index < -0.39 is 0 Å². The van der Waals surface area contributed by atoms with Crippen molar-refractivity contribution in [2.75, 3.05) is 6.54 Å². The molecule has 0 unspecified atom stereocenters. The molecule has 16 heavy (non-hydrogen) atoms. The van der Waals surface area contributed by atoms with Crippen LogP contribution in [0.4, 0.5) is 0 Å². The summed E-state index contributed by atoms with van der Waals surface area (Å²) in [5.74, 6) is 0.545. The summed E-state index contributed by atoms with van der Waals surface area (Å²) in [6.45, 7) is 0.761. The van der Waals surface area contributed by atoms with Gasteiger partial charge in [-0.05, 0) is 24.8 Å². The van der Waals surface area contributed by atoms with E-state index >= 15 is 0 Å². The molecule has 86 valence electrons. The van der Waals surface area contributed by atoms with Crippen LogP contribution in [0.2, 0.25) is 5.02 Å². The van der Waals surface area contributed by atoms with E-state index in [1.807, 2.05) is 0 Å². The maximum absolute atomic E-state index is 11.8. The first-order valence-electron chi connectivity index (χ1n) is 5.65. The van der Waals surface area contributed by atoms with Crippen molar-refractivity contribution in [3.8, 4) is 0 Å². The Bertz CT molecular complexity index is 375. The number of hydrogen-bond acceptors (Lipinski definition) is 2. The van der Waals surface area contributed by atoms with Gasteiger partial charge in [0.25, 0.3) is 5.91 Å². The number of amides is 1. The molecule has 1 N–H and O–H groups in total. The lowest BCUT2D eigenvalue weighted by molar-refractivity contribution is 0.0947. The fourth-order valence-electron chi connectivity index (χ4n) is 2.11. The fraction of sp³-hybridized carbons (Fsp3) is 0.500. The second-order valence-electron chi connectivity index (χ2n) is 4.22. The van der Waals surface area contributed by atoms with Crippen LogP contribution in [-0.4, -0.2) is 17.4 Å². The smallest absolute Gasteiger partial charge is 0.252 e. The average Bonchev–Trinajstić information content (AvgIpc) is 2.79. The summed E-state index contributed by atoms with van der Waals surface area (Å²) in [5, 5.41) is 3.34. The van der Waals surface area contributed by atoms with Gasteiger partial charge in [0.2, 0.25) is 0 Å². The van der Waals surface area contributed by atoms with Gasteiger partial charge in [-0.25, -0.2) is 0 Å². The van der Waals surface area contributed by atoms with Crippen LogP contribution in [0, 0.1) is 5.92 Å². The summed E-state index contributed by atoms with van der Waals surface area (Å²) in [6, 6.07) is 1.65. The number of halogens is 1. The van der Waals surface area contributed by atoms with Crippen LogP contribution >= 0.6 is 11.6 Å². The number of pyridine rings is 1. The quantitative estimate of drug-likeness (QED) is 0.880. The van der Waals surface area contributed by atoms with Crippen LogP contribution in [0.5, 0.6) is 0 Å². The van der Waals surface area contributed by atoms with E-state index in [1.165, 1.54) is 31.9 Å². The first-order chi connectivity index (χ1) is 7.77. The molecule has 0 saturated heterocycles. The Morgan fingerprint density at radius 2 is 2.25 bits per heavy atom. The number of aromatic nitrogens is 1. The topological polar surface area (TPSA) is 42.0 Å². The molecule has 1 aliphatic rings. The van der Waals surface area contributed by atoms with Gasteiger partial charge in [-0.3, -0.25) is 9.78 Å². The molecule has 1 fully saturated rings. The summed E-state index contributed by atoms with van der Waals surface area (Å²) in [6.07, 6.45) is 8.10. The molecule has 1 aliphatic carbocycles. The largest absolute Gasteiger partial charge is 0.352 e. The van der Waals surface area contributed by atoms with Crippen molar-refractivity contribution in [1.29, 1.82) is 0 Å². The van der Waals surface area contributed by atoms with Crippen LogP contribution < -0.4 is 5.32 Å². The SMILES string of the molecule is O=C(NCC1CCCC1)c1ccncc1Cl. The van der Waals surface area contributed by atoms with E-state index in [2.05, 4.69) is 10.3 Å². The van der Waals surface area contributed by atoms with Crippen LogP contribution in [0.1, 0.15) is 36.0 Å². The van der Waals surface area contributed by atoms with Gasteiger partial charge >= 0.3 is 0 Å². The average molecular weight is 239 g/mol. The molecule has 0 atom stereocenters. The lowest BCUT2D eigenvalue weighted by Gasteiger charge is -2.10. The molecule has 1 aromatic heterocycles. The summed E-state index contributed by atoms with van der Waals surface area (Å²) in [7, 11) is 0. The molecule has 1 saturated carbocycles. The highest BCUT2D eigenvalue weighted by atomic mass is 35.5. The summed E-state index contributed by atoms with van der Waals surface area (Å²) < 4.78 is 0. The molecule has 1 aromatic rings. The zero-order chi connectivity index (χ0) is 11.4. The Labute approximate surface area is 100 Å². The van der Waals surface area contributed by atoms with Crippen molar-refractivity contribution in [3.63, 3.8) is 0 Å². The highest BCUT2D eigenvalue weighted by Crippen LogP contribution is 2.24. The van der Waals surface area contributed by atoms with E-state index in [0.29, 0.717) is 16.5 Å². The monoisotopic (exact) mass is 238 g/mol. The molecule has 1 amide bonds. The molecule has 2 rings (SSSR count). The maximum atomic E-state index is 11.8. The van der Waals surface area contributed by atoms with Gasteiger partial charge < -0.3 is 5.32 Å². The van der Waals surface area contributed by atoms with E-state index in [4.69, 9.17) is 11.6 Å². The Hall–Kier alpha value is -1.09. The zero-order valence-electron chi connectivity index (χ0n) is 9.08. The molecule has 4 heteroatoms. The van der Waals surface area contributed by atoms with E-state index in [1.54, 1.807) is 12.3 Å². The number of hydrogen-bond donors (Lipinski definition) is 1. The Balaban J connectivity index is 1.90. The number of carbonyl (C=O) groups is 1. The van der Waals surface area contributed by atoms with Crippen LogP contribution in [0.25, 0.3) is 0 Å². The normalized spacial score (nSPS) is 16.3. The highest BCUT2D eigenvalue weighted by Gasteiger charge is 2.16. The second-order valence-corrected chi connectivity index (χ2v) is 4.62. The third-order valence-electron chi connectivity index (χ3n) is 3.04. The van der Waals surface area contributed by atoms with Crippen molar-refractivity contribution in [2.45, 2.75) is 25.7 Å². The Morgan fingerprint density at radius 1 is 1.50 bits per heavy atom. The summed E-state index contributed by atoms with van der Waals surface area (Å²) >= 11 is 5.89. The molecular formula is C12H15ClN2O. The van der Waals surface area contributed by atoms with Crippen molar-refractivity contribution in [1.82, 2.24) is 10.3 Å². The van der Waals surface area contributed by atoms with Crippen LogP contribution in [0.15, 0.2) is 18.5 Å². The number of nitrogens with zero attached hydrogens (tertiary/aromatic N) is 1. The summed E-state index contributed by atoms with van der Waals surface area (Å²) in [5.41, 5.74) is 0.509. The predicted octanol–water partition coefficient (Wildman–Crippen LogP) is 2.66. The predicted molar refractivity (Wildman–Crippen MR) is 63.5 cm³/mol. The first kappa shape index (κ1) is 11.4. The highest BCUT2D eigenvalue weighted by molar-refractivity contribution is 6.33. The van der Waals surface area contributed by atoms with Crippen molar-refractivity contribution in [3.05, 3.63) is 29.0 Å².